The molecule has 1 aliphatic rings. The zero-order valence-electron chi connectivity index (χ0n) is 21.7. The third-order valence-corrected chi connectivity index (χ3v) is 7.44. The molecule has 0 aliphatic carbocycles. The Morgan fingerprint density at radius 1 is 1.21 bits per heavy atom. The second-order valence-electron chi connectivity index (χ2n) is 10.6. The first kappa shape index (κ1) is 27.1. The van der Waals surface area contributed by atoms with Crippen molar-refractivity contribution < 1.29 is 28.2 Å². The quantitative estimate of drug-likeness (QED) is 0.405. The number of hydrogen-bond acceptors (Lipinski definition) is 8. The predicted molar refractivity (Wildman–Crippen MR) is 142 cm³/mol. The number of aliphatic carboxylic acids is 1. The van der Waals surface area contributed by atoms with Crippen molar-refractivity contribution in [2.45, 2.75) is 58.6 Å². The summed E-state index contributed by atoms with van der Waals surface area (Å²) in [5.74, 6) is -1.63. The fraction of sp³-hybridized carbons (Fsp3) is 0.385. The second kappa shape index (κ2) is 9.75. The van der Waals surface area contributed by atoms with E-state index in [1.54, 1.807) is 32.9 Å². The first-order valence-corrected chi connectivity index (χ1v) is 13.5. The number of hydrogen-bond donors (Lipinski definition) is 3. The Morgan fingerprint density at radius 2 is 1.92 bits per heavy atom. The summed E-state index contributed by atoms with van der Waals surface area (Å²) in [5.41, 5.74) is -1.30. The van der Waals surface area contributed by atoms with Crippen molar-refractivity contribution in [3.05, 3.63) is 52.4 Å². The van der Waals surface area contributed by atoms with Gasteiger partial charge in [-0.1, -0.05) is 34.6 Å². The molecule has 0 spiro atoms. The van der Waals surface area contributed by atoms with Gasteiger partial charge in [0.05, 0.1) is 11.1 Å². The van der Waals surface area contributed by atoms with Crippen molar-refractivity contribution in [2.75, 3.05) is 5.32 Å². The molecule has 0 bridgehead atoms. The molecule has 38 heavy (non-hydrogen) atoms. The topological polar surface area (TPSA) is 160 Å². The van der Waals surface area contributed by atoms with Crippen LogP contribution in [0.15, 0.2) is 50.6 Å². The smallest absolute Gasteiger partial charge is 0.345 e. The number of aromatic nitrogens is 2. The van der Waals surface area contributed by atoms with E-state index < -0.39 is 38.8 Å². The minimum atomic E-state index is -4.36. The number of anilines is 1. The van der Waals surface area contributed by atoms with Gasteiger partial charge < -0.3 is 20.3 Å². The molecule has 0 saturated heterocycles. The van der Waals surface area contributed by atoms with E-state index in [9.17, 15) is 28.2 Å². The molecular formula is C26H30N4O7S. The van der Waals surface area contributed by atoms with Crippen LogP contribution in [0.4, 0.5) is 5.69 Å². The SMILES string of the molecule is CC(C)CCn1c(=O)c(C2=NS(=O)(=O)c3cc(OC(C(=O)O)C(C)(C)C)ccc3N2)c(O)c2cccnc21. The highest BCUT2D eigenvalue weighted by Crippen LogP contribution is 2.35. The second-order valence-corrected chi connectivity index (χ2v) is 12.2. The number of carbonyl (C=O) groups is 1. The Kier molecular flexibility index (Phi) is 6.96. The molecule has 1 atom stereocenters. The number of sulfonamides is 1. The lowest BCUT2D eigenvalue weighted by molar-refractivity contribution is -0.150. The molecule has 3 N–H and O–H groups in total. The number of nitrogens with one attached hydrogen (secondary N) is 1. The zero-order valence-corrected chi connectivity index (χ0v) is 22.5. The number of benzene rings is 1. The molecular weight excluding hydrogens is 512 g/mol. The highest BCUT2D eigenvalue weighted by atomic mass is 32.2. The van der Waals surface area contributed by atoms with Crippen LogP contribution in [0.1, 0.15) is 46.6 Å². The summed E-state index contributed by atoms with van der Waals surface area (Å²) in [6.45, 7) is 9.41. The van der Waals surface area contributed by atoms with Gasteiger partial charge in [-0.25, -0.2) is 9.78 Å². The van der Waals surface area contributed by atoms with Gasteiger partial charge in [0.1, 0.15) is 27.6 Å². The van der Waals surface area contributed by atoms with Crippen molar-refractivity contribution in [1.82, 2.24) is 9.55 Å². The number of rotatable bonds is 7. The highest BCUT2D eigenvalue weighted by molar-refractivity contribution is 7.90. The highest BCUT2D eigenvalue weighted by Gasteiger charge is 2.35. The zero-order chi connectivity index (χ0) is 28.0. The van der Waals surface area contributed by atoms with Crippen LogP contribution in [-0.2, 0) is 21.4 Å². The summed E-state index contributed by atoms with van der Waals surface area (Å²) in [5, 5.41) is 23.7. The van der Waals surface area contributed by atoms with Crippen LogP contribution in [0.3, 0.4) is 0 Å². The Balaban J connectivity index is 1.81. The molecule has 3 heterocycles. The van der Waals surface area contributed by atoms with Crippen LogP contribution in [0.25, 0.3) is 11.0 Å². The van der Waals surface area contributed by atoms with Crippen molar-refractivity contribution >= 4 is 38.5 Å². The molecule has 0 saturated carbocycles. The number of fused-ring (bicyclic) bond motifs is 2. The van der Waals surface area contributed by atoms with E-state index in [0.29, 0.717) is 13.0 Å². The molecule has 202 valence electrons. The van der Waals surface area contributed by atoms with E-state index in [4.69, 9.17) is 4.74 Å². The van der Waals surface area contributed by atoms with Gasteiger partial charge in [-0.15, -0.1) is 4.40 Å². The van der Waals surface area contributed by atoms with Gasteiger partial charge in [0.2, 0.25) is 0 Å². The monoisotopic (exact) mass is 542 g/mol. The Bertz CT molecular complexity index is 1620. The summed E-state index contributed by atoms with van der Waals surface area (Å²) in [7, 11) is -4.36. The lowest BCUT2D eigenvalue weighted by Crippen LogP contribution is -2.39. The maximum Gasteiger partial charge on any atom is 0.345 e. The number of nitrogens with zero attached hydrogens (tertiary/aromatic N) is 3. The largest absolute Gasteiger partial charge is 0.506 e. The Morgan fingerprint density at radius 3 is 2.55 bits per heavy atom. The number of aromatic hydroxyl groups is 1. The number of pyridine rings is 2. The molecule has 11 nitrogen and oxygen atoms in total. The first-order valence-electron chi connectivity index (χ1n) is 12.1. The van der Waals surface area contributed by atoms with Gasteiger partial charge in [0, 0.05) is 24.2 Å². The number of ether oxygens (including phenoxy) is 1. The molecule has 2 aromatic heterocycles. The maximum atomic E-state index is 13.5. The van der Waals surface area contributed by atoms with Crippen LogP contribution in [0.5, 0.6) is 11.5 Å². The summed E-state index contributed by atoms with van der Waals surface area (Å²) in [6.07, 6.45) is 0.940. The normalized spacial score (nSPS) is 15.5. The standard InChI is InChI=1S/C26H30N4O7S/c1-14(2)10-12-30-23-16(7-6-11-27-23)20(31)19(24(30)32)22-28-17-9-8-15(13-18(17)38(35,36)29-22)37-21(25(33)34)26(3,4)5/h6-9,11,13-14,21,31H,10,12H2,1-5H3,(H,28,29)(H,33,34). The van der Waals surface area contributed by atoms with Gasteiger partial charge >= 0.3 is 5.97 Å². The number of carboxylic acid groups (broad SMARTS) is 1. The average Bonchev–Trinajstić information content (AvgIpc) is 2.81. The maximum absolute atomic E-state index is 13.5. The molecule has 3 aromatic rings. The Hall–Kier alpha value is -3.93. The van der Waals surface area contributed by atoms with E-state index in [1.165, 1.54) is 29.0 Å². The first-order chi connectivity index (χ1) is 17.7. The fourth-order valence-electron chi connectivity index (χ4n) is 4.13. The van der Waals surface area contributed by atoms with Crippen LogP contribution >= 0.6 is 0 Å². The van der Waals surface area contributed by atoms with Gasteiger partial charge in [-0.2, -0.15) is 8.42 Å². The molecule has 4 rings (SSSR count). The number of carboxylic acids is 1. The van der Waals surface area contributed by atoms with Crippen LogP contribution in [0, 0.1) is 11.3 Å². The third-order valence-electron chi connectivity index (χ3n) is 6.12. The van der Waals surface area contributed by atoms with Crippen molar-refractivity contribution in [2.24, 2.45) is 15.7 Å². The van der Waals surface area contributed by atoms with E-state index in [2.05, 4.69) is 14.7 Å². The predicted octanol–water partition coefficient (Wildman–Crippen LogP) is 3.59. The van der Waals surface area contributed by atoms with E-state index in [1.807, 2.05) is 13.8 Å². The van der Waals surface area contributed by atoms with Crippen molar-refractivity contribution in [3.8, 4) is 11.5 Å². The summed E-state index contributed by atoms with van der Waals surface area (Å²) in [4.78, 5) is 29.3. The fourth-order valence-corrected chi connectivity index (χ4v) is 5.26. The summed E-state index contributed by atoms with van der Waals surface area (Å²) in [6, 6.07) is 7.21. The number of amidine groups is 1. The van der Waals surface area contributed by atoms with Crippen LogP contribution in [-0.4, -0.2) is 46.1 Å². The molecule has 0 fully saturated rings. The van der Waals surface area contributed by atoms with Gasteiger partial charge in [0.25, 0.3) is 15.6 Å². The molecule has 0 amide bonds. The van der Waals surface area contributed by atoms with E-state index >= 15 is 0 Å². The molecule has 12 heteroatoms. The summed E-state index contributed by atoms with van der Waals surface area (Å²) < 4.78 is 37.3. The van der Waals surface area contributed by atoms with E-state index in [-0.39, 0.29) is 44.7 Å². The third kappa shape index (κ3) is 5.08. The Labute approximate surface area is 219 Å². The minimum absolute atomic E-state index is 0.0331. The summed E-state index contributed by atoms with van der Waals surface area (Å²) >= 11 is 0. The minimum Gasteiger partial charge on any atom is -0.506 e. The lowest BCUT2D eigenvalue weighted by atomic mass is 9.89. The lowest BCUT2D eigenvalue weighted by Gasteiger charge is -2.28. The molecule has 1 aromatic carbocycles. The van der Waals surface area contributed by atoms with Crippen LogP contribution in [0.2, 0.25) is 0 Å². The van der Waals surface area contributed by atoms with Crippen LogP contribution < -0.4 is 15.6 Å². The molecule has 0 radical (unpaired) electrons. The number of aryl methyl sites for hydroxylation is 1. The van der Waals surface area contributed by atoms with Gasteiger partial charge in [-0.05, 0) is 36.6 Å². The van der Waals surface area contributed by atoms with Gasteiger partial charge in [0.15, 0.2) is 11.9 Å². The van der Waals surface area contributed by atoms with Crippen molar-refractivity contribution in [1.29, 1.82) is 0 Å². The van der Waals surface area contributed by atoms with Gasteiger partial charge in [-0.3, -0.25) is 9.36 Å². The molecule has 1 unspecified atom stereocenters. The van der Waals surface area contributed by atoms with Crippen molar-refractivity contribution in [3.63, 3.8) is 0 Å². The molecule has 1 aliphatic heterocycles. The van der Waals surface area contributed by atoms with E-state index in [0.717, 1.165) is 0 Å². The average molecular weight is 543 g/mol.